The summed E-state index contributed by atoms with van der Waals surface area (Å²) in [6.45, 7) is 5.23. The predicted octanol–water partition coefficient (Wildman–Crippen LogP) is -6.71. The van der Waals surface area contributed by atoms with Gasteiger partial charge >= 0.3 is 0 Å². The number of unbranched alkanes of at least 4 members (excludes halogenated alkanes) is 3. The molecule has 3 saturated heterocycles. The molecule has 3 aliphatic heterocycles. The Hall–Kier alpha value is -5.00. The molecule has 35 heteroatoms. The summed E-state index contributed by atoms with van der Waals surface area (Å²) in [5.74, 6) is -2.41. The van der Waals surface area contributed by atoms with Crippen molar-refractivity contribution in [3.63, 3.8) is 0 Å². The first-order valence-electron chi connectivity index (χ1n) is 32.8. The number of nitrogens with one attached hydrogen (secondary N) is 8. The number of carbonyl (C=O) groups excluding carboxylic acids is 8. The van der Waals surface area contributed by atoms with Crippen molar-refractivity contribution in [3.05, 3.63) is 0 Å². The molecule has 95 heavy (non-hydrogen) atoms. The highest BCUT2D eigenvalue weighted by Crippen LogP contribution is 2.25. The normalized spacial score (nSPS) is 26.5. The zero-order chi connectivity index (χ0) is 70.1. The molecule has 550 valence electrons. The van der Waals surface area contributed by atoms with Crippen LogP contribution in [0.1, 0.15) is 117 Å². The van der Waals surface area contributed by atoms with E-state index in [0.717, 1.165) is 0 Å². The zero-order valence-corrected chi connectivity index (χ0v) is 55.0. The number of carbonyl (C=O) groups is 8. The topological polar surface area (TPSA) is 524 Å². The molecular weight excluding hydrogens is 1260 g/mol. The van der Waals surface area contributed by atoms with Gasteiger partial charge in [0.05, 0.1) is 65.5 Å². The average molecular weight is 1370 g/mol. The molecule has 0 aromatic rings. The van der Waals surface area contributed by atoms with Crippen molar-refractivity contribution in [1.82, 2.24) is 42.5 Å². The van der Waals surface area contributed by atoms with Gasteiger partial charge in [-0.05, 0) is 57.8 Å². The zero-order valence-electron chi connectivity index (χ0n) is 55.0. The molecule has 35 nitrogen and oxygen atoms in total. The SMILES string of the molecule is CC(=O)NC1C(OCCCCC(=O)NCCCNC(=O)CCOCC(C)(COCCC(=O)NCCCNC(=O)CCCCOC2OC(CO)C(O)C(O)C2N)COCCC(=O)NCCCNC(=O)CCCCOC2OC(CO)C(O)C(O)C2NC(C)=O)OC(CO)C(O)C1O. The molecule has 0 aromatic carbocycles. The van der Waals surface area contributed by atoms with Crippen LogP contribution in [0.25, 0.3) is 0 Å². The first-order valence-corrected chi connectivity index (χ1v) is 32.8. The molecule has 0 aliphatic carbocycles. The fourth-order valence-electron chi connectivity index (χ4n) is 9.98. The largest absolute Gasteiger partial charge is 0.394 e. The molecular formula is C60H109N9O26. The van der Waals surface area contributed by atoms with Gasteiger partial charge in [0.2, 0.25) is 47.3 Å². The molecule has 15 atom stereocenters. The van der Waals surface area contributed by atoms with Gasteiger partial charge in [-0.2, -0.15) is 0 Å². The fourth-order valence-corrected chi connectivity index (χ4v) is 9.98. The molecule has 8 amide bonds. The van der Waals surface area contributed by atoms with E-state index in [1.807, 2.05) is 6.92 Å². The van der Waals surface area contributed by atoms with Crippen molar-refractivity contribution in [2.24, 2.45) is 11.1 Å². The van der Waals surface area contributed by atoms with E-state index in [9.17, 15) is 84.3 Å². The number of rotatable bonds is 50. The molecule has 15 unspecified atom stereocenters. The monoisotopic (exact) mass is 1370 g/mol. The molecule has 3 aliphatic rings. The van der Waals surface area contributed by atoms with Gasteiger partial charge in [-0.3, -0.25) is 38.4 Å². The van der Waals surface area contributed by atoms with Gasteiger partial charge in [0, 0.05) is 117 Å². The highest BCUT2D eigenvalue weighted by atomic mass is 16.7. The van der Waals surface area contributed by atoms with Crippen LogP contribution in [0.3, 0.4) is 0 Å². The Kier molecular flexibility index (Phi) is 42.4. The minimum Gasteiger partial charge on any atom is -0.394 e. The Morgan fingerprint density at radius 1 is 0.379 bits per heavy atom. The lowest BCUT2D eigenvalue weighted by atomic mass is 9.94. The molecule has 0 spiro atoms. The van der Waals surface area contributed by atoms with Gasteiger partial charge in [-0.25, -0.2) is 0 Å². The molecule has 0 aromatic heterocycles. The maximum Gasteiger partial charge on any atom is 0.222 e. The third-order valence-corrected chi connectivity index (χ3v) is 15.4. The standard InChI is InChI=1S/C60H109N9O26/c1-37(73)68-49-55(85)52(82)40(32-71)94-58(49)91-26-8-5-14-43(76)63-20-11-23-66-46(79)17-29-88-35-60(3,34-87-28-16-45(78)65-22-10-19-62-42(75)13-4-7-25-90-57-48(61)54(84)51(81)39(31-70)93-57)36-89-30-18-47(80)67-24-12-21-64-44(77)15-6-9-27-92-59-50(69-38(2)74)56(86)53(83)41(33-72)95-59/h39-41,48-59,70-72,81-86H,4-36,61H2,1-3H3,(H,62,75)(H,63,76)(H,64,77)(H,65,78)(H,66,79)(H,67,80)(H,68,73)(H,69,74). The highest BCUT2D eigenvalue weighted by Gasteiger charge is 2.47. The van der Waals surface area contributed by atoms with Crippen LogP contribution >= 0.6 is 0 Å². The lowest BCUT2D eigenvalue weighted by Crippen LogP contribution is -2.64. The molecule has 0 radical (unpaired) electrons. The summed E-state index contributed by atoms with van der Waals surface area (Å²) in [4.78, 5) is 98.5. The van der Waals surface area contributed by atoms with Crippen LogP contribution < -0.4 is 48.3 Å². The van der Waals surface area contributed by atoms with Crippen LogP contribution in [0.15, 0.2) is 0 Å². The van der Waals surface area contributed by atoms with E-state index in [1.165, 1.54) is 13.8 Å². The summed E-state index contributed by atoms with van der Waals surface area (Å²) >= 11 is 0. The van der Waals surface area contributed by atoms with Crippen LogP contribution in [0.5, 0.6) is 0 Å². The van der Waals surface area contributed by atoms with E-state index in [-0.39, 0.29) is 147 Å². The predicted molar refractivity (Wildman–Crippen MR) is 332 cm³/mol. The van der Waals surface area contributed by atoms with Crippen molar-refractivity contribution >= 4 is 47.3 Å². The maximum absolute atomic E-state index is 12.7. The van der Waals surface area contributed by atoms with Crippen LogP contribution in [-0.4, -0.2) is 304 Å². The van der Waals surface area contributed by atoms with E-state index in [0.29, 0.717) is 84.0 Å². The van der Waals surface area contributed by atoms with E-state index >= 15 is 0 Å². The number of hydrogen-bond acceptors (Lipinski definition) is 27. The second kappa shape index (κ2) is 47.9. The summed E-state index contributed by atoms with van der Waals surface area (Å²) in [6.07, 6.45) is -10.2. The fraction of sp³-hybridized carbons (Fsp3) is 0.867. The Morgan fingerprint density at radius 3 is 0.947 bits per heavy atom. The Labute approximate surface area is 553 Å². The van der Waals surface area contributed by atoms with Crippen molar-refractivity contribution in [3.8, 4) is 0 Å². The van der Waals surface area contributed by atoms with Crippen molar-refractivity contribution in [2.45, 2.75) is 209 Å². The summed E-state index contributed by atoms with van der Waals surface area (Å²) in [7, 11) is 0. The van der Waals surface area contributed by atoms with Crippen molar-refractivity contribution in [1.29, 1.82) is 0 Å². The molecule has 19 N–H and O–H groups in total. The van der Waals surface area contributed by atoms with Gasteiger partial charge in [0.25, 0.3) is 0 Å². The number of hydrogen-bond donors (Lipinski definition) is 18. The maximum atomic E-state index is 12.7. The van der Waals surface area contributed by atoms with E-state index in [4.69, 9.17) is 48.4 Å². The lowest BCUT2D eigenvalue weighted by molar-refractivity contribution is -0.270. The molecule has 3 fully saturated rings. The Bertz CT molecular complexity index is 2130. The van der Waals surface area contributed by atoms with E-state index in [1.54, 1.807) is 0 Å². The second-order valence-corrected chi connectivity index (χ2v) is 24.0. The Balaban J connectivity index is 1.32. The number of aliphatic hydroxyl groups is 9. The average Bonchev–Trinajstić information content (AvgIpc) is 0.833. The Morgan fingerprint density at radius 2 is 0.653 bits per heavy atom. The smallest absolute Gasteiger partial charge is 0.222 e. The van der Waals surface area contributed by atoms with Crippen molar-refractivity contribution in [2.75, 3.05) is 119 Å². The quantitative estimate of drug-likeness (QED) is 0.0252. The summed E-state index contributed by atoms with van der Waals surface area (Å²) in [6, 6.07) is -3.15. The highest BCUT2D eigenvalue weighted by molar-refractivity contribution is 5.78. The minimum absolute atomic E-state index is 0.0250. The van der Waals surface area contributed by atoms with E-state index in [2.05, 4.69) is 42.5 Å². The lowest BCUT2D eigenvalue weighted by Gasteiger charge is -2.42. The van der Waals surface area contributed by atoms with Gasteiger partial charge in [-0.1, -0.05) is 6.92 Å². The molecule has 0 bridgehead atoms. The van der Waals surface area contributed by atoms with Crippen LogP contribution in [-0.2, 0) is 81.0 Å². The van der Waals surface area contributed by atoms with Gasteiger partial charge in [0.1, 0.15) is 67.0 Å². The van der Waals surface area contributed by atoms with Crippen LogP contribution in [0, 0.1) is 5.41 Å². The molecule has 3 rings (SSSR count). The summed E-state index contributed by atoms with van der Waals surface area (Å²) in [5.41, 5.74) is 5.10. The summed E-state index contributed by atoms with van der Waals surface area (Å²) in [5, 5.41) is 111. The second-order valence-electron chi connectivity index (χ2n) is 24.0. The van der Waals surface area contributed by atoms with E-state index < -0.39 is 129 Å². The molecule has 0 saturated carbocycles. The van der Waals surface area contributed by atoms with Crippen LogP contribution in [0.2, 0.25) is 0 Å². The summed E-state index contributed by atoms with van der Waals surface area (Å²) < 4.78 is 51.2. The third kappa shape index (κ3) is 33.9. The first kappa shape index (κ1) is 84.2. The number of ether oxygens (including phenoxy) is 9. The van der Waals surface area contributed by atoms with Crippen LogP contribution in [0.4, 0.5) is 0 Å². The minimum atomic E-state index is -1.44. The first-order chi connectivity index (χ1) is 45.4. The number of aliphatic hydroxyl groups excluding tert-OH is 9. The van der Waals surface area contributed by atoms with Gasteiger partial charge < -0.3 is 137 Å². The number of amides is 8. The van der Waals surface area contributed by atoms with Gasteiger partial charge in [0.15, 0.2) is 18.9 Å². The number of nitrogens with two attached hydrogens (primary N) is 1. The third-order valence-electron chi connectivity index (χ3n) is 15.4. The molecule has 3 heterocycles. The van der Waals surface area contributed by atoms with Gasteiger partial charge in [-0.15, -0.1) is 0 Å². The van der Waals surface area contributed by atoms with Crippen molar-refractivity contribution < 1.29 is 127 Å².